The van der Waals surface area contributed by atoms with Crippen LogP contribution in [0.4, 0.5) is 0 Å². The lowest BCUT2D eigenvalue weighted by Gasteiger charge is -1.99. The Balaban J connectivity index is 4.01. The van der Waals surface area contributed by atoms with Crippen LogP contribution in [0.25, 0.3) is 0 Å². The second-order valence-electron chi connectivity index (χ2n) is 1.70. The molecule has 0 aliphatic heterocycles. The van der Waals surface area contributed by atoms with Gasteiger partial charge in [0.2, 0.25) is 0 Å². The largest absolute Gasteiger partial charge is 0.451 e. The fraction of sp³-hybridized carbons (Fsp3) is 1.00. The monoisotopic (exact) mass is 104 g/mol. The van der Waals surface area contributed by atoms with Gasteiger partial charge in [-0.3, -0.25) is 0 Å². The summed E-state index contributed by atoms with van der Waals surface area (Å²) in [6.07, 6.45) is -1.89. The average Bonchev–Trinajstić information content (AvgIpc) is 1.65. The predicted molar refractivity (Wildman–Crippen MR) is 29.8 cm³/mol. The first-order valence-corrected chi connectivity index (χ1v) is 2.25. The van der Waals surface area contributed by atoms with Crippen LogP contribution in [0.5, 0.6) is 0 Å². The smallest absolute Gasteiger partial charge is 0.427 e. The van der Waals surface area contributed by atoms with Gasteiger partial charge in [-0.1, -0.05) is 13.8 Å². The molecule has 7 heavy (non-hydrogen) atoms. The van der Waals surface area contributed by atoms with Gasteiger partial charge in [-0.05, 0) is 12.2 Å². The van der Waals surface area contributed by atoms with E-state index in [2.05, 4.69) is 0 Å². The van der Waals surface area contributed by atoms with Gasteiger partial charge >= 0.3 is 7.12 Å². The molecular formula is C4H11BO2. The van der Waals surface area contributed by atoms with Crippen LogP contribution in [0, 0.1) is 5.92 Å². The number of hydrogen-bond acceptors (Lipinski definition) is 2. The molecule has 0 amide bonds. The Kier molecular flexibility index (Phi) is 1.71. The lowest BCUT2D eigenvalue weighted by molar-refractivity contribution is 0.394. The molecule has 0 aliphatic carbocycles. The van der Waals surface area contributed by atoms with Crippen molar-refractivity contribution in [3.05, 3.63) is 0 Å². The van der Waals surface area contributed by atoms with Gasteiger partial charge in [-0.2, -0.15) is 0 Å². The zero-order valence-corrected chi connectivity index (χ0v) is 4.55. The van der Waals surface area contributed by atoms with Crippen molar-refractivity contribution in [1.82, 2.24) is 0 Å². The Labute approximate surface area is 47.1 Å². The van der Waals surface area contributed by atoms with Crippen LogP contribution in [-0.4, -0.2) is 17.2 Å². The predicted octanol–water partition coefficient (Wildman–Crippen LogP) is 0.115. The molecule has 3 heteroatoms. The summed E-state index contributed by atoms with van der Waals surface area (Å²) in [5.74, 6) is -0.377. The highest BCUT2D eigenvalue weighted by Gasteiger charge is 2.07. The van der Waals surface area contributed by atoms with E-state index in [1.807, 2.05) is 0 Å². The van der Waals surface area contributed by atoms with E-state index < -0.39 is 13.4 Å². The van der Waals surface area contributed by atoms with Crippen molar-refractivity contribution >= 4 is 7.12 Å². The van der Waals surface area contributed by atoms with Crippen LogP contribution >= 0.6 is 0 Å². The highest BCUT2D eigenvalue weighted by atomic mass is 16.4. The fourth-order valence-corrected chi connectivity index (χ4v) is 0.298. The maximum Gasteiger partial charge on any atom is 0.451 e. The first kappa shape index (κ1) is 3.92. The second kappa shape index (κ2) is 3.05. The number of rotatable bonds is 2. The van der Waals surface area contributed by atoms with Crippen molar-refractivity contribution in [2.75, 3.05) is 0 Å². The number of hydrogen-bond donors (Lipinski definition) is 2. The maximum atomic E-state index is 8.43. The third-order valence-corrected chi connectivity index (χ3v) is 0.482. The molecule has 0 spiro atoms. The van der Waals surface area contributed by atoms with Crippen LogP contribution in [-0.2, 0) is 0 Å². The van der Waals surface area contributed by atoms with Crippen molar-refractivity contribution in [2.24, 2.45) is 5.92 Å². The molecule has 0 atom stereocenters. The molecule has 0 aromatic rings. The van der Waals surface area contributed by atoms with Crippen molar-refractivity contribution in [2.45, 2.75) is 20.1 Å². The second-order valence-corrected chi connectivity index (χ2v) is 1.70. The molecule has 0 rings (SSSR count). The van der Waals surface area contributed by atoms with Gasteiger partial charge in [-0.25, -0.2) is 0 Å². The zero-order valence-electron chi connectivity index (χ0n) is 6.55. The molecule has 0 aliphatic rings. The Hall–Kier alpha value is -0.0151. The molecule has 0 radical (unpaired) electrons. The molecule has 0 saturated heterocycles. The van der Waals surface area contributed by atoms with Gasteiger partial charge in [-0.15, -0.1) is 0 Å². The molecule has 0 aromatic carbocycles. The van der Waals surface area contributed by atoms with Gasteiger partial charge in [0.25, 0.3) is 0 Å². The zero-order chi connectivity index (χ0) is 7.65. The molecule has 42 valence electrons. The molecule has 0 saturated carbocycles. The Morgan fingerprint density at radius 1 is 1.71 bits per heavy atom. The average molecular weight is 104 g/mol. The summed E-state index contributed by atoms with van der Waals surface area (Å²) in [5.41, 5.74) is 0. The molecule has 0 heterocycles. The fourth-order valence-electron chi connectivity index (χ4n) is 0.298. The molecule has 2 N–H and O–H groups in total. The van der Waals surface area contributed by atoms with E-state index in [9.17, 15) is 0 Å². The van der Waals surface area contributed by atoms with E-state index in [1.54, 1.807) is 13.8 Å². The van der Waals surface area contributed by atoms with Crippen molar-refractivity contribution in [1.29, 1.82) is 0 Å². The summed E-state index contributed by atoms with van der Waals surface area (Å²) in [7, 11) is -1.88. The Bertz CT molecular complexity index is 84.6. The molecule has 0 bridgehead atoms. The van der Waals surface area contributed by atoms with Crippen molar-refractivity contribution in [3.63, 3.8) is 0 Å². The van der Waals surface area contributed by atoms with Gasteiger partial charge in [0.15, 0.2) is 0 Å². The third kappa shape index (κ3) is 5.98. The van der Waals surface area contributed by atoms with Crippen LogP contribution < -0.4 is 0 Å². The molecule has 0 aromatic heterocycles. The minimum atomic E-state index is -1.89. The summed E-state index contributed by atoms with van der Waals surface area (Å²) >= 11 is 0. The molecule has 2 nitrogen and oxygen atoms in total. The first-order valence-electron chi connectivity index (χ1n) is 3.25. The summed E-state index contributed by atoms with van der Waals surface area (Å²) in [5, 5.41) is 16.9. The minimum absolute atomic E-state index is 0.377. The Morgan fingerprint density at radius 2 is 2.14 bits per heavy atom. The first-order chi connectivity index (χ1) is 3.89. The van der Waals surface area contributed by atoms with E-state index in [1.165, 1.54) is 0 Å². The highest BCUT2D eigenvalue weighted by Crippen LogP contribution is 1.99. The van der Waals surface area contributed by atoms with E-state index in [4.69, 9.17) is 12.8 Å². The van der Waals surface area contributed by atoms with E-state index in [0.29, 0.717) is 0 Å². The summed E-state index contributed by atoms with van der Waals surface area (Å²) in [6.45, 7) is 3.19. The van der Waals surface area contributed by atoms with Crippen LogP contribution in [0.15, 0.2) is 0 Å². The maximum absolute atomic E-state index is 8.43. The topological polar surface area (TPSA) is 40.5 Å². The van der Waals surface area contributed by atoms with Crippen molar-refractivity contribution < 1.29 is 12.8 Å². The van der Waals surface area contributed by atoms with Crippen LogP contribution in [0.1, 0.15) is 16.6 Å². The standard InChI is InChI=1S/C4H11BO2/c1-4(2)3-5(6)7/h4,6-7H,3H2,1-2H3/i3D2. The molecular weight excluding hydrogens is 90.9 g/mol. The summed E-state index contributed by atoms with van der Waals surface area (Å²) in [4.78, 5) is 0. The minimum Gasteiger partial charge on any atom is -0.427 e. The summed E-state index contributed by atoms with van der Waals surface area (Å²) < 4.78 is 14.0. The Morgan fingerprint density at radius 3 is 2.14 bits per heavy atom. The quantitative estimate of drug-likeness (QED) is 0.488. The van der Waals surface area contributed by atoms with Gasteiger partial charge in [0.05, 0.1) is 0 Å². The SMILES string of the molecule is [2H]C([2H])(B(O)O)C(C)C. The van der Waals surface area contributed by atoms with Gasteiger partial charge in [0.1, 0.15) is 0 Å². The summed E-state index contributed by atoms with van der Waals surface area (Å²) in [6, 6.07) is 0. The molecule has 0 fully saturated rings. The van der Waals surface area contributed by atoms with Crippen LogP contribution in [0.3, 0.4) is 0 Å². The highest BCUT2D eigenvalue weighted by molar-refractivity contribution is 6.41. The van der Waals surface area contributed by atoms with Crippen LogP contribution in [0.2, 0.25) is 6.27 Å². The molecule has 0 unspecified atom stereocenters. The van der Waals surface area contributed by atoms with E-state index >= 15 is 0 Å². The lowest BCUT2D eigenvalue weighted by atomic mass is 9.80. The van der Waals surface area contributed by atoms with Crippen molar-refractivity contribution in [3.8, 4) is 0 Å². The third-order valence-electron chi connectivity index (χ3n) is 0.482. The van der Waals surface area contributed by atoms with E-state index in [0.717, 1.165) is 0 Å². The van der Waals surface area contributed by atoms with Gasteiger partial charge in [0, 0.05) is 2.74 Å². The van der Waals surface area contributed by atoms with Gasteiger partial charge < -0.3 is 10.0 Å². The lowest BCUT2D eigenvalue weighted by Crippen LogP contribution is -2.12. The normalized spacial score (nSPS) is 16.1. The van der Waals surface area contributed by atoms with E-state index in [-0.39, 0.29) is 5.92 Å².